The summed E-state index contributed by atoms with van der Waals surface area (Å²) in [5, 5.41) is 3.27. The van der Waals surface area contributed by atoms with Crippen LogP contribution in [0.15, 0.2) is 24.3 Å². The summed E-state index contributed by atoms with van der Waals surface area (Å²) < 4.78 is 13.4. The fourth-order valence-electron chi connectivity index (χ4n) is 2.08. The Morgan fingerprint density at radius 3 is 3.00 bits per heavy atom. The Labute approximate surface area is 101 Å². The van der Waals surface area contributed by atoms with Crippen molar-refractivity contribution >= 4 is 5.91 Å². The largest absolute Gasteiger partial charge is 0.340 e. The third-order valence-corrected chi connectivity index (χ3v) is 3.02. The Kier molecular flexibility index (Phi) is 3.74. The second kappa shape index (κ2) is 5.27. The van der Waals surface area contributed by atoms with Crippen LogP contribution >= 0.6 is 0 Å². The van der Waals surface area contributed by atoms with Crippen molar-refractivity contribution in [2.75, 3.05) is 19.6 Å². The standard InChI is InChI=1S/C13H17FN2O/c1-10-9-16(7-6-15-10)13(17)8-11-4-2-3-5-12(11)14/h2-5,10,15H,6-9H2,1H3. The minimum absolute atomic E-state index is 0.00319. The quantitative estimate of drug-likeness (QED) is 0.836. The van der Waals surface area contributed by atoms with Crippen LogP contribution in [-0.4, -0.2) is 36.5 Å². The molecule has 0 aliphatic carbocycles. The van der Waals surface area contributed by atoms with E-state index in [0.717, 1.165) is 6.54 Å². The zero-order chi connectivity index (χ0) is 12.3. The monoisotopic (exact) mass is 236 g/mol. The highest BCUT2D eigenvalue weighted by molar-refractivity contribution is 5.79. The van der Waals surface area contributed by atoms with Gasteiger partial charge in [0.2, 0.25) is 5.91 Å². The first kappa shape index (κ1) is 12.0. The molecule has 0 bridgehead atoms. The molecule has 0 aromatic heterocycles. The molecule has 0 saturated carbocycles. The van der Waals surface area contributed by atoms with Crippen molar-refractivity contribution in [2.45, 2.75) is 19.4 Å². The minimum Gasteiger partial charge on any atom is -0.340 e. The van der Waals surface area contributed by atoms with Gasteiger partial charge in [-0.2, -0.15) is 0 Å². The van der Waals surface area contributed by atoms with Gasteiger partial charge in [0.05, 0.1) is 6.42 Å². The van der Waals surface area contributed by atoms with Gasteiger partial charge in [0.1, 0.15) is 5.82 Å². The highest BCUT2D eigenvalue weighted by Crippen LogP contribution is 2.09. The molecule has 1 aromatic carbocycles. The van der Waals surface area contributed by atoms with Crippen LogP contribution in [-0.2, 0) is 11.2 Å². The van der Waals surface area contributed by atoms with Crippen LogP contribution < -0.4 is 5.32 Å². The van der Waals surface area contributed by atoms with E-state index in [4.69, 9.17) is 0 Å². The Balaban J connectivity index is 1.99. The third kappa shape index (κ3) is 3.03. The lowest BCUT2D eigenvalue weighted by molar-refractivity contribution is -0.131. The molecule has 1 unspecified atom stereocenters. The lowest BCUT2D eigenvalue weighted by Crippen LogP contribution is -2.51. The summed E-state index contributed by atoms with van der Waals surface area (Å²) in [5.41, 5.74) is 0.476. The average molecular weight is 236 g/mol. The summed E-state index contributed by atoms with van der Waals surface area (Å²) in [5.74, 6) is -0.299. The Hall–Kier alpha value is -1.42. The predicted molar refractivity (Wildman–Crippen MR) is 64.1 cm³/mol. The van der Waals surface area contributed by atoms with E-state index >= 15 is 0 Å². The normalized spacial score (nSPS) is 20.4. The number of nitrogens with one attached hydrogen (secondary N) is 1. The Morgan fingerprint density at radius 1 is 1.53 bits per heavy atom. The van der Waals surface area contributed by atoms with Crippen LogP contribution in [0, 0.1) is 5.82 Å². The molecule has 1 atom stereocenters. The zero-order valence-electron chi connectivity index (χ0n) is 9.95. The van der Waals surface area contributed by atoms with Crippen molar-refractivity contribution in [1.29, 1.82) is 0 Å². The average Bonchev–Trinajstić information content (AvgIpc) is 2.32. The summed E-state index contributed by atoms with van der Waals surface area (Å²) in [4.78, 5) is 13.8. The Morgan fingerprint density at radius 2 is 2.29 bits per heavy atom. The van der Waals surface area contributed by atoms with E-state index in [1.54, 1.807) is 23.1 Å². The number of amides is 1. The molecule has 2 rings (SSSR count). The molecule has 1 fully saturated rings. The molecule has 0 radical (unpaired) electrons. The van der Waals surface area contributed by atoms with Crippen LogP contribution in [0.5, 0.6) is 0 Å². The van der Waals surface area contributed by atoms with Crippen LogP contribution in [0.4, 0.5) is 4.39 Å². The second-order valence-electron chi connectivity index (χ2n) is 4.46. The van der Waals surface area contributed by atoms with E-state index in [1.807, 2.05) is 6.92 Å². The van der Waals surface area contributed by atoms with Crippen LogP contribution in [0.3, 0.4) is 0 Å². The summed E-state index contributed by atoms with van der Waals surface area (Å²) >= 11 is 0. The summed E-state index contributed by atoms with van der Waals surface area (Å²) in [6, 6.07) is 6.76. The van der Waals surface area contributed by atoms with E-state index < -0.39 is 0 Å². The third-order valence-electron chi connectivity index (χ3n) is 3.02. The van der Waals surface area contributed by atoms with Gasteiger partial charge in [-0.25, -0.2) is 4.39 Å². The van der Waals surface area contributed by atoms with Gasteiger partial charge in [0.25, 0.3) is 0 Å². The van der Waals surface area contributed by atoms with Crippen LogP contribution in [0.25, 0.3) is 0 Å². The fourth-order valence-corrected chi connectivity index (χ4v) is 2.08. The molecule has 1 aromatic rings. The van der Waals surface area contributed by atoms with E-state index in [-0.39, 0.29) is 18.1 Å². The van der Waals surface area contributed by atoms with Crippen LogP contribution in [0.2, 0.25) is 0 Å². The molecule has 1 heterocycles. The first-order chi connectivity index (χ1) is 8.16. The summed E-state index contributed by atoms with van der Waals surface area (Å²) in [6.45, 7) is 4.26. The van der Waals surface area contributed by atoms with Crippen molar-refractivity contribution in [2.24, 2.45) is 0 Å². The van der Waals surface area contributed by atoms with E-state index in [2.05, 4.69) is 5.32 Å². The zero-order valence-corrected chi connectivity index (χ0v) is 9.95. The van der Waals surface area contributed by atoms with E-state index in [0.29, 0.717) is 24.7 Å². The number of hydrogen-bond donors (Lipinski definition) is 1. The van der Waals surface area contributed by atoms with Gasteiger partial charge < -0.3 is 10.2 Å². The summed E-state index contributed by atoms with van der Waals surface area (Å²) in [6.07, 6.45) is 0.152. The number of carbonyl (C=O) groups excluding carboxylic acids is 1. The van der Waals surface area contributed by atoms with Crippen molar-refractivity contribution in [3.05, 3.63) is 35.6 Å². The number of carbonyl (C=O) groups is 1. The molecule has 1 aliphatic rings. The van der Waals surface area contributed by atoms with Crippen molar-refractivity contribution < 1.29 is 9.18 Å². The second-order valence-corrected chi connectivity index (χ2v) is 4.46. The van der Waals surface area contributed by atoms with Gasteiger partial charge in [-0.15, -0.1) is 0 Å². The first-order valence-electron chi connectivity index (χ1n) is 5.91. The number of nitrogens with zero attached hydrogens (tertiary/aromatic N) is 1. The van der Waals surface area contributed by atoms with Crippen molar-refractivity contribution in [3.8, 4) is 0 Å². The SMILES string of the molecule is CC1CN(C(=O)Cc2ccccc2F)CCN1. The molecule has 4 heteroatoms. The van der Waals surface area contributed by atoms with Gasteiger partial charge in [-0.05, 0) is 18.6 Å². The molecule has 92 valence electrons. The van der Waals surface area contributed by atoms with E-state index in [1.165, 1.54) is 6.07 Å². The van der Waals surface area contributed by atoms with Gasteiger partial charge in [-0.1, -0.05) is 18.2 Å². The number of rotatable bonds is 2. The smallest absolute Gasteiger partial charge is 0.227 e. The molecule has 3 nitrogen and oxygen atoms in total. The number of hydrogen-bond acceptors (Lipinski definition) is 2. The first-order valence-corrected chi connectivity index (χ1v) is 5.91. The lowest BCUT2D eigenvalue weighted by atomic mass is 10.1. The molecule has 1 N–H and O–H groups in total. The molecule has 17 heavy (non-hydrogen) atoms. The topological polar surface area (TPSA) is 32.3 Å². The number of piperazine rings is 1. The molecule has 1 saturated heterocycles. The molecular weight excluding hydrogens is 219 g/mol. The van der Waals surface area contributed by atoms with Gasteiger partial charge in [0, 0.05) is 25.7 Å². The predicted octanol–water partition coefficient (Wildman–Crippen LogP) is 1.19. The highest BCUT2D eigenvalue weighted by atomic mass is 19.1. The maximum Gasteiger partial charge on any atom is 0.227 e. The number of benzene rings is 1. The molecule has 1 amide bonds. The van der Waals surface area contributed by atoms with Crippen molar-refractivity contribution in [1.82, 2.24) is 10.2 Å². The fraction of sp³-hybridized carbons (Fsp3) is 0.462. The molecular formula is C13H17FN2O. The summed E-state index contributed by atoms with van der Waals surface area (Å²) in [7, 11) is 0. The molecule has 0 spiro atoms. The highest BCUT2D eigenvalue weighted by Gasteiger charge is 2.21. The lowest BCUT2D eigenvalue weighted by Gasteiger charge is -2.32. The number of halogens is 1. The molecule has 1 aliphatic heterocycles. The van der Waals surface area contributed by atoms with E-state index in [9.17, 15) is 9.18 Å². The van der Waals surface area contributed by atoms with Gasteiger partial charge >= 0.3 is 0 Å². The maximum absolute atomic E-state index is 13.4. The Bertz CT molecular complexity index is 408. The van der Waals surface area contributed by atoms with Crippen LogP contribution in [0.1, 0.15) is 12.5 Å². The maximum atomic E-state index is 13.4. The minimum atomic E-state index is -0.302. The van der Waals surface area contributed by atoms with Gasteiger partial charge in [0.15, 0.2) is 0 Å². The van der Waals surface area contributed by atoms with Gasteiger partial charge in [-0.3, -0.25) is 4.79 Å². The van der Waals surface area contributed by atoms with Crippen molar-refractivity contribution in [3.63, 3.8) is 0 Å².